The maximum atomic E-state index is 12.5. The predicted molar refractivity (Wildman–Crippen MR) is 110 cm³/mol. The molecular weight excluding hydrogens is 370 g/mol. The third-order valence-corrected chi connectivity index (χ3v) is 5.21. The van der Waals surface area contributed by atoms with Crippen LogP contribution >= 0.6 is 0 Å². The Morgan fingerprint density at radius 3 is 2.83 bits per heavy atom. The third-order valence-electron chi connectivity index (χ3n) is 5.21. The third kappa shape index (κ3) is 3.76. The second-order valence-corrected chi connectivity index (χ2v) is 7.07. The van der Waals surface area contributed by atoms with Crippen LogP contribution in [0, 0.1) is 6.92 Å². The minimum atomic E-state index is -0.495. The van der Waals surface area contributed by atoms with Crippen molar-refractivity contribution < 1.29 is 18.7 Å². The molecule has 1 aliphatic heterocycles. The number of nitrogens with one attached hydrogen (secondary N) is 2. The Balaban J connectivity index is 1.41. The zero-order valence-corrected chi connectivity index (χ0v) is 16.5. The highest BCUT2D eigenvalue weighted by Gasteiger charge is 2.21. The summed E-state index contributed by atoms with van der Waals surface area (Å²) in [5, 5.41) is 0.797. The molecule has 7 nitrogen and oxygen atoms in total. The summed E-state index contributed by atoms with van der Waals surface area (Å²) < 4.78 is 10.9. The summed E-state index contributed by atoms with van der Waals surface area (Å²) in [7, 11) is 1.58. The zero-order valence-electron chi connectivity index (χ0n) is 16.5. The van der Waals surface area contributed by atoms with Crippen LogP contribution in [0.5, 0.6) is 5.75 Å². The molecule has 0 saturated heterocycles. The first-order valence-electron chi connectivity index (χ1n) is 9.56. The summed E-state index contributed by atoms with van der Waals surface area (Å²) in [5.74, 6) is 0.0656. The van der Waals surface area contributed by atoms with E-state index in [0.717, 1.165) is 30.5 Å². The van der Waals surface area contributed by atoms with Gasteiger partial charge in [0, 0.05) is 23.2 Å². The molecule has 3 aromatic rings. The Labute approximate surface area is 168 Å². The molecule has 0 spiro atoms. The Morgan fingerprint density at radius 1 is 1.17 bits per heavy atom. The number of carbonyl (C=O) groups is 2. The van der Waals surface area contributed by atoms with E-state index in [1.165, 1.54) is 5.56 Å². The number of hydrogen-bond acceptors (Lipinski definition) is 5. The molecule has 29 heavy (non-hydrogen) atoms. The van der Waals surface area contributed by atoms with Gasteiger partial charge in [-0.05, 0) is 49.6 Å². The van der Waals surface area contributed by atoms with Crippen LogP contribution < -0.4 is 20.5 Å². The topological polar surface area (TPSA) is 83.8 Å². The summed E-state index contributed by atoms with van der Waals surface area (Å²) in [6.45, 7) is 2.78. The molecule has 0 unspecified atom stereocenters. The second-order valence-electron chi connectivity index (χ2n) is 7.07. The fourth-order valence-electron chi connectivity index (χ4n) is 3.72. The molecule has 2 N–H and O–H groups in total. The van der Waals surface area contributed by atoms with Crippen molar-refractivity contribution in [2.45, 2.75) is 19.8 Å². The number of benzene rings is 2. The molecule has 4 rings (SSSR count). The van der Waals surface area contributed by atoms with Crippen molar-refractivity contribution in [3.8, 4) is 5.75 Å². The number of hydrazine groups is 1. The van der Waals surface area contributed by atoms with E-state index in [1.807, 2.05) is 29.2 Å². The van der Waals surface area contributed by atoms with E-state index in [4.69, 9.17) is 9.15 Å². The van der Waals surface area contributed by atoms with E-state index in [2.05, 4.69) is 16.9 Å². The number of methoxy groups -OCH3 is 1. The number of amides is 2. The van der Waals surface area contributed by atoms with Gasteiger partial charge in [0.05, 0.1) is 13.7 Å². The van der Waals surface area contributed by atoms with Gasteiger partial charge in [-0.15, -0.1) is 0 Å². The van der Waals surface area contributed by atoms with Crippen LogP contribution in [0.25, 0.3) is 11.0 Å². The van der Waals surface area contributed by atoms with Gasteiger partial charge in [-0.1, -0.05) is 18.2 Å². The number of rotatable bonds is 4. The highest BCUT2D eigenvalue weighted by molar-refractivity contribution is 6.00. The molecule has 150 valence electrons. The van der Waals surface area contributed by atoms with Crippen molar-refractivity contribution in [2.24, 2.45) is 0 Å². The van der Waals surface area contributed by atoms with Gasteiger partial charge in [0.25, 0.3) is 5.91 Å². The van der Waals surface area contributed by atoms with Crippen LogP contribution in [0.3, 0.4) is 0 Å². The molecule has 2 aromatic carbocycles. The van der Waals surface area contributed by atoms with Gasteiger partial charge in [0.15, 0.2) is 5.76 Å². The van der Waals surface area contributed by atoms with Crippen LogP contribution in [0.2, 0.25) is 0 Å². The van der Waals surface area contributed by atoms with Gasteiger partial charge in [-0.25, -0.2) is 0 Å². The molecule has 1 aromatic heterocycles. The van der Waals surface area contributed by atoms with Crippen molar-refractivity contribution in [2.75, 3.05) is 25.1 Å². The van der Waals surface area contributed by atoms with Gasteiger partial charge >= 0.3 is 5.91 Å². The SMILES string of the molecule is COc1ccc2oc(C(=O)NNC(=O)CN3CCCc4ccccc43)c(C)c2c1. The van der Waals surface area contributed by atoms with Gasteiger partial charge in [-0.3, -0.25) is 20.4 Å². The normalized spacial score (nSPS) is 13.1. The summed E-state index contributed by atoms with van der Waals surface area (Å²) >= 11 is 0. The lowest BCUT2D eigenvalue weighted by Crippen LogP contribution is -2.47. The van der Waals surface area contributed by atoms with E-state index in [-0.39, 0.29) is 18.2 Å². The van der Waals surface area contributed by atoms with Crippen molar-refractivity contribution >= 4 is 28.5 Å². The molecular formula is C22H23N3O4. The molecule has 7 heteroatoms. The van der Waals surface area contributed by atoms with Gasteiger partial charge in [0.1, 0.15) is 11.3 Å². The molecule has 0 bridgehead atoms. The highest BCUT2D eigenvalue weighted by Crippen LogP contribution is 2.29. The Kier molecular flexibility index (Phi) is 5.12. The van der Waals surface area contributed by atoms with Crippen LogP contribution in [-0.4, -0.2) is 32.0 Å². The largest absolute Gasteiger partial charge is 0.497 e. The first-order chi connectivity index (χ1) is 14.1. The number of hydrogen-bond donors (Lipinski definition) is 2. The summed E-state index contributed by atoms with van der Waals surface area (Å²) in [5.41, 5.74) is 8.53. The quantitative estimate of drug-likeness (QED) is 0.666. The van der Waals surface area contributed by atoms with Crippen molar-refractivity contribution in [1.82, 2.24) is 10.9 Å². The molecule has 0 aliphatic carbocycles. The van der Waals surface area contributed by atoms with Crippen LogP contribution in [0.15, 0.2) is 46.9 Å². The molecule has 0 saturated carbocycles. The van der Waals surface area contributed by atoms with E-state index < -0.39 is 5.91 Å². The van der Waals surface area contributed by atoms with Crippen LogP contribution in [-0.2, 0) is 11.2 Å². The smallest absolute Gasteiger partial charge is 0.305 e. The van der Waals surface area contributed by atoms with E-state index in [9.17, 15) is 9.59 Å². The number of aryl methyl sites for hydroxylation is 2. The van der Waals surface area contributed by atoms with Gasteiger partial charge in [0.2, 0.25) is 0 Å². The Bertz CT molecular complexity index is 1070. The maximum Gasteiger partial charge on any atom is 0.305 e. The van der Waals surface area contributed by atoms with Crippen LogP contribution in [0.4, 0.5) is 5.69 Å². The summed E-state index contributed by atoms with van der Waals surface area (Å²) in [6.07, 6.45) is 2.01. The van der Waals surface area contributed by atoms with Gasteiger partial charge in [-0.2, -0.15) is 0 Å². The average molecular weight is 393 g/mol. The minimum Gasteiger partial charge on any atom is -0.497 e. The average Bonchev–Trinajstić information content (AvgIpc) is 3.08. The molecule has 0 radical (unpaired) electrons. The van der Waals surface area contributed by atoms with E-state index in [1.54, 1.807) is 26.2 Å². The summed E-state index contributed by atoms with van der Waals surface area (Å²) in [6, 6.07) is 13.4. The monoisotopic (exact) mass is 393 g/mol. The predicted octanol–water partition coefficient (Wildman–Crippen LogP) is 2.96. The first-order valence-corrected chi connectivity index (χ1v) is 9.56. The number of ether oxygens (including phenoxy) is 1. The number of fused-ring (bicyclic) bond motifs is 2. The number of para-hydroxylation sites is 1. The van der Waals surface area contributed by atoms with Crippen LogP contribution in [0.1, 0.15) is 28.1 Å². The fraction of sp³-hybridized carbons (Fsp3) is 0.273. The maximum absolute atomic E-state index is 12.5. The number of carbonyl (C=O) groups excluding carboxylic acids is 2. The molecule has 2 heterocycles. The molecule has 2 amide bonds. The zero-order chi connectivity index (χ0) is 20.4. The second kappa shape index (κ2) is 7.87. The molecule has 0 atom stereocenters. The van der Waals surface area contributed by atoms with E-state index >= 15 is 0 Å². The lowest BCUT2D eigenvalue weighted by molar-refractivity contribution is -0.120. The van der Waals surface area contributed by atoms with Crippen molar-refractivity contribution in [1.29, 1.82) is 0 Å². The minimum absolute atomic E-state index is 0.164. The Morgan fingerprint density at radius 2 is 2.00 bits per heavy atom. The molecule has 1 aliphatic rings. The van der Waals surface area contributed by atoms with Crippen molar-refractivity contribution in [3.05, 3.63) is 59.4 Å². The number of anilines is 1. The Hall–Kier alpha value is -3.48. The summed E-state index contributed by atoms with van der Waals surface area (Å²) in [4.78, 5) is 26.9. The molecule has 0 fully saturated rings. The lowest BCUT2D eigenvalue weighted by Gasteiger charge is -2.30. The fourth-order valence-corrected chi connectivity index (χ4v) is 3.72. The van der Waals surface area contributed by atoms with Crippen molar-refractivity contribution in [3.63, 3.8) is 0 Å². The van der Waals surface area contributed by atoms with Gasteiger partial charge < -0.3 is 14.1 Å². The first kappa shape index (κ1) is 18.9. The number of nitrogens with zero attached hydrogens (tertiary/aromatic N) is 1. The highest BCUT2D eigenvalue weighted by atomic mass is 16.5. The number of furan rings is 1. The lowest BCUT2D eigenvalue weighted by atomic mass is 10.0. The standard InChI is InChI=1S/C22H23N3O4/c1-14-17-12-16(28-2)9-10-19(17)29-21(14)22(27)24-23-20(26)13-25-11-5-7-15-6-3-4-8-18(15)25/h3-4,6,8-10,12H,5,7,11,13H2,1-2H3,(H,23,26)(H,24,27). The van der Waals surface area contributed by atoms with E-state index in [0.29, 0.717) is 16.9 Å².